The number of ether oxygens (including phenoxy) is 1. The van der Waals surface area contributed by atoms with Gasteiger partial charge in [0.15, 0.2) is 5.70 Å². The van der Waals surface area contributed by atoms with Gasteiger partial charge in [0.2, 0.25) is 11.8 Å². The first-order chi connectivity index (χ1) is 11.4. The van der Waals surface area contributed by atoms with Crippen LogP contribution in [0.2, 0.25) is 0 Å². The predicted molar refractivity (Wildman–Crippen MR) is 89.8 cm³/mol. The summed E-state index contributed by atoms with van der Waals surface area (Å²) >= 11 is 0. The Balaban J connectivity index is 2.04. The zero-order chi connectivity index (χ0) is 17.4. The summed E-state index contributed by atoms with van der Waals surface area (Å²) in [6.45, 7) is 6.93. The van der Waals surface area contributed by atoms with Crippen LogP contribution in [0.25, 0.3) is 6.08 Å². The van der Waals surface area contributed by atoms with Crippen molar-refractivity contribution in [3.05, 3.63) is 58.0 Å². The van der Waals surface area contributed by atoms with Gasteiger partial charge < -0.3 is 4.74 Å². The van der Waals surface area contributed by atoms with Crippen molar-refractivity contribution < 1.29 is 14.3 Å². The molecule has 0 fully saturated rings. The fraction of sp³-hybridized carbons (Fsp3) is 0.222. The molecule has 0 saturated heterocycles. The van der Waals surface area contributed by atoms with Crippen LogP contribution < -0.4 is 0 Å². The molecule has 1 aromatic heterocycles. The molecule has 0 N–H and O–H groups in total. The Hall–Kier alpha value is -3.02. The van der Waals surface area contributed by atoms with Crippen molar-refractivity contribution in [1.29, 1.82) is 0 Å². The Morgan fingerprint density at radius 1 is 1.21 bits per heavy atom. The first kappa shape index (κ1) is 15.9. The van der Waals surface area contributed by atoms with Crippen LogP contribution in [0.5, 0.6) is 0 Å². The van der Waals surface area contributed by atoms with E-state index in [2.05, 4.69) is 10.1 Å². The fourth-order valence-electron chi connectivity index (χ4n) is 2.64. The van der Waals surface area contributed by atoms with Crippen LogP contribution in [0.3, 0.4) is 0 Å². The Kier molecular flexibility index (Phi) is 3.89. The minimum absolute atomic E-state index is 0.182. The summed E-state index contributed by atoms with van der Waals surface area (Å²) < 4.78 is 6.61. The van der Waals surface area contributed by atoms with E-state index >= 15 is 0 Å². The molecule has 6 heteroatoms. The molecule has 0 aliphatic carbocycles. The summed E-state index contributed by atoms with van der Waals surface area (Å²) in [6, 6.07) is 7.56. The SMILES string of the molecule is CC(=O)n1nc(C)c(/C=C2\N=C(c3ccccc3C)OC2=O)c1C. The Labute approximate surface area is 139 Å². The van der Waals surface area contributed by atoms with Crippen molar-refractivity contribution in [2.45, 2.75) is 27.7 Å². The third kappa shape index (κ3) is 2.67. The molecule has 1 aliphatic rings. The van der Waals surface area contributed by atoms with E-state index in [0.29, 0.717) is 22.8 Å². The maximum Gasteiger partial charge on any atom is 0.363 e. The maximum atomic E-state index is 12.1. The Morgan fingerprint density at radius 3 is 2.54 bits per heavy atom. The summed E-state index contributed by atoms with van der Waals surface area (Å²) in [6.07, 6.45) is 1.62. The van der Waals surface area contributed by atoms with Gasteiger partial charge in [0.25, 0.3) is 0 Å². The smallest absolute Gasteiger partial charge is 0.363 e. The normalized spacial score (nSPS) is 15.6. The number of nitrogens with zero attached hydrogens (tertiary/aromatic N) is 3. The number of cyclic esters (lactones) is 1. The van der Waals surface area contributed by atoms with Gasteiger partial charge in [0.1, 0.15) is 0 Å². The molecule has 0 bridgehead atoms. The molecule has 0 radical (unpaired) electrons. The molecule has 24 heavy (non-hydrogen) atoms. The number of rotatable bonds is 2. The minimum Gasteiger partial charge on any atom is -0.402 e. The molecular weight excluding hydrogens is 306 g/mol. The van der Waals surface area contributed by atoms with Crippen LogP contribution in [-0.2, 0) is 9.53 Å². The van der Waals surface area contributed by atoms with Gasteiger partial charge in [-0.2, -0.15) is 5.10 Å². The minimum atomic E-state index is -0.511. The monoisotopic (exact) mass is 323 g/mol. The first-order valence-corrected chi connectivity index (χ1v) is 7.54. The van der Waals surface area contributed by atoms with Crippen molar-refractivity contribution in [2.75, 3.05) is 0 Å². The number of carbonyl (C=O) groups excluding carboxylic acids is 2. The van der Waals surface area contributed by atoms with Gasteiger partial charge in [0.05, 0.1) is 11.4 Å². The summed E-state index contributed by atoms with van der Waals surface area (Å²) in [5.74, 6) is -0.403. The van der Waals surface area contributed by atoms with E-state index in [1.54, 1.807) is 19.9 Å². The topological polar surface area (TPSA) is 73.6 Å². The van der Waals surface area contributed by atoms with Crippen molar-refractivity contribution in [3.8, 4) is 0 Å². The molecule has 0 amide bonds. The highest BCUT2D eigenvalue weighted by molar-refractivity contribution is 6.13. The third-order valence-corrected chi connectivity index (χ3v) is 3.92. The first-order valence-electron chi connectivity index (χ1n) is 7.54. The molecule has 3 rings (SSSR count). The van der Waals surface area contributed by atoms with E-state index in [-0.39, 0.29) is 11.6 Å². The quantitative estimate of drug-likeness (QED) is 0.629. The highest BCUT2D eigenvalue weighted by atomic mass is 16.6. The summed E-state index contributed by atoms with van der Waals surface area (Å²) in [4.78, 5) is 28.0. The van der Waals surface area contributed by atoms with E-state index in [1.165, 1.54) is 11.6 Å². The van der Waals surface area contributed by atoms with E-state index < -0.39 is 5.97 Å². The molecule has 6 nitrogen and oxygen atoms in total. The van der Waals surface area contributed by atoms with Gasteiger partial charge in [-0.1, -0.05) is 18.2 Å². The maximum absolute atomic E-state index is 12.1. The van der Waals surface area contributed by atoms with Crippen LogP contribution in [0.1, 0.15) is 39.8 Å². The molecule has 122 valence electrons. The summed E-state index contributed by atoms with van der Waals surface area (Å²) in [7, 11) is 0. The van der Waals surface area contributed by atoms with Crippen molar-refractivity contribution in [2.24, 2.45) is 4.99 Å². The predicted octanol–water partition coefficient (Wildman–Crippen LogP) is 2.81. The van der Waals surface area contributed by atoms with Gasteiger partial charge in [-0.05, 0) is 38.5 Å². The van der Waals surface area contributed by atoms with Crippen LogP contribution in [0.15, 0.2) is 35.0 Å². The third-order valence-electron chi connectivity index (χ3n) is 3.92. The lowest BCUT2D eigenvalue weighted by molar-refractivity contribution is -0.129. The van der Waals surface area contributed by atoms with Gasteiger partial charge in [-0.15, -0.1) is 0 Å². The van der Waals surface area contributed by atoms with Gasteiger partial charge in [-0.25, -0.2) is 14.5 Å². The molecule has 2 heterocycles. The number of aromatic nitrogens is 2. The van der Waals surface area contributed by atoms with E-state index in [9.17, 15) is 9.59 Å². The summed E-state index contributed by atoms with van der Waals surface area (Å²) in [5.41, 5.74) is 3.97. The van der Waals surface area contributed by atoms with Crippen LogP contribution in [0, 0.1) is 20.8 Å². The number of esters is 1. The zero-order valence-corrected chi connectivity index (χ0v) is 14.0. The molecule has 0 atom stereocenters. The average molecular weight is 323 g/mol. The van der Waals surface area contributed by atoms with Crippen molar-refractivity contribution in [1.82, 2.24) is 9.78 Å². The number of carbonyl (C=O) groups is 2. The van der Waals surface area contributed by atoms with Crippen molar-refractivity contribution in [3.63, 3.8) is 0 Å². The zero-order valence-electron chi connectivity index (χ0n) is 14.0. The van der Waals surface area contributed by atoms with Gasteiger partial charge >= 0.3 is 5.97 Å². The lowest BCUT2D eigenvalue weighted by Crippen LogP contribution is -2.09. The highest BCUT2D eigenvalue weighted by Gasteiger charge is 2.26. The van der Waals surface area contributed by atoms with Gasteiger partial charge in [-0.3, -0.25) is 4.79 Å². The largest absolute Gasteiger partial charge is 0.402 e. The van der Waals surface area contributed by atoms with Crippen LogP contribution in [0.4, 0.5) is 0 Å². The summed E-state index contributed by atoms with van der Waals surface area (Å²) in [5, 5.41) is 4.19. The Bertz CT molecular complexity index is 920. The highest BCUT2D eigenvalue weighted by Crippen LogP contribution is 2.23. The van der Waals surface area contributed by atoms with Crippen molar-refractivity contribution >= 4 is 23.9 Å². The van der Waals surface area contributed by atoms with E-state index in [1.807, 2.05) is 31.2 Å². The van der Waals surface area contributed by atoms with E-state index in [4.69, 9.17) is 4.74 Å². The van der Waals surface area contributed by atoms with Crippen LogP contribution >= 0.6 is 0 Å². The average Bonchev–Trinajstić information content (AvgIpc) is 3.03. The second kappa shape index (κ2) is 5.88. The van der Waals surface area contributed by atoms with E-state index in [0.717, 1.165) is 11.1 Å². The van der Waals surface area contributed by atoms with Crippen LogP contribution in [-0.4, -0.2) is 27.6 Å². The molecule has 1 aliphatic heterocycles. The molecule has 1 aromatic carbocycles. The van der Waals surface area contributed by atoms with Gasteiger partial charge in [0, 0.05) is 18.1 Å². The molecule has 0 saturated carbocycles. The lowest BCUT2D eigenvalue weighted by atomic mass is 10.1. The number of aliphatic imine (C=N–C) groups is 1. The molecule has 0 spiro atoms. The second-order valence-corrected chi connectivity index (χ2v) is 5.67. The number of hydrogen-bond acceptors (Lipinski definition) is 5. The Morgan fingerprint density at radius 2 is 1.92 bits per heavy atom. The second-order valence-electron chi connectivity index (χ2n) is 5.67. The molecule has 0 unspecified atom stereocenters. The number of benzene rings is 1. The molecular formula is C18H17N3O3. The lowest BCUT2D eigenvalue weighted by Gasteiger charge is -2.02. The number of aryl methyl sites for hydroxylation is 2. The standard InChI is InChI=1S/C18H17N3O3/c1-10-7-5-6-8-14(10)17-19-16(18(23)24-17)9-15-11(2)20-21(12(15)3)13(4)22/h5-9H,1-4H3/b16-9-. The number of hydrogen-bond donors (Lipinski definition) is 0. The molecule has 2 aromatic rings. The fourth-order valence-corrected chi connectivity index (χ4v) is 2.64.